The van der Waals surface area contributed by atoms with Gasteiger partial charge in [-0.15, -0.1) is 0 Å². The Balaban J connectivity index is 1.26. The topological polar surface area (TPSA) is 245 Å². The first-order valence-corrected chi connectivity index (χ1v) is 18.6. The van der Waals surface area contributed by atoms with E-state index in [0.29, 0.717) is 90.9 Å². The Morgan fingerprint density at radius 1 is 0.737 bits per heavy atom. The standard InChI is InChI=1S/C39H43N11O7/c1-5-26-32(56-21(3)42-26)36(53)46-38-44-28-18-23(34(40)51)9-10-30(28)49(38)11-7-8-12-50-31-25(20-48-13-15-55-16-14-48)17-24(35(41)52)19-29(31)45-39(50)47-37(54)33-27(6-2)43-22(4)57-33/h7-10,17-19H,5-6,11-16,20H2,1-4H3,(H2,40,51)(H2,41,52)(H,44,46,53)(H,45,47,54). The number of anilines is 2. The van der Waals surface area contributed by atoms with Crippen LogP contribution in [0.5, 0.6) is 0 Å². The molecule has 1 saturated heterocycles. The minimum Gasteiger partial charge on any atom is -0.436 e. The SMILES string of the molecule is CCc1nc(C)oc1C(=O)Nc1nc2cc(C(N)=O)ccc2n1CC=CCn1c(NC(=O)c2oc(C)nc2CC)nc2cc(C(N)=O)cc(CN3CCOCC3)c21. The van der Waals surface area contributed by atoms with E-state index < -0.39 is 23.6 Å². The molecule has 18 nitrogen and oxygen atoms in total. The molecule has 6 aromatic rings. The van der Waals surface area contributed by atoms with Crippen LogP contribution in [0.1, 0.15) is 84.4 Å². The number of imidazole rings is 2. The molecule has 0 radical (unpaired) electrons. The number of hydrogen-bond acceptors (Lipinski definition) is 12. The highest BCUT2D eigenvalue weighted by Gasteiger charge is 2.25. The summed E-state index contributed by atoms with van der Waals surface area (Å²) in [5.74, 6) is -0.939. The number of aromatic nitrogens is 6. The highest BCUT2D eigenvalue weighted by molar-refractivity contribution is 6.04. The number of nitrogens with zero attached hydrogens (tertiary/aromatic N) is 7. The highest BCUT2D eigenvalue weighted by Crippen LogP contribution is 2.29. The fraction of sp³-hybridized carbons (Fsp3) is 0.333. The first-order chi connectivity index (χ1) is 27.4. The number of morpholine rings is 1. The molecule has 7 rings (SSSR count). The molecule has 0 aliphatic carbocycles. The number of oxazole rings is 2. The molecule has 1 aliphatic heterocycles. The van der Waals surface area contributed by atoms with Crippen molar-refractivity contribution >= 4 is 57.6 Å². The summed E-state index contributed by atoms with van der Waals surface area (Å²) in [6, 6.07) is 8.24. The number of primary amides is 2. The van der Waals surface area contributed by atoms with E-state index >= 15 is 0 Å². The van der Waals surface area contributed by atoms with Gasteiger partial charge in [0, 0.05) is 57.7 Å². The Kier molecular flexibility index (Phi) is 11.0. The van der Waals surface area contributed by atoms with Crippen molar-refractivity contribution in [1.29, 1.82) is 0 Å². The molecule has 0 spiro atoms. The fourth-order valence-electron chi connectivity index (χ4n) is 6.91. The Morgan fingerprint density at radius 3 is 1.86 bits per heavy atom. The minimum atomic E-state index is -0.614. The molecule has 4 amide bonds. The van der Waals surface area contributed by atoms with Gasteiger partial charge in [-0.1, -0.05) is 26.0 Å². The minimum absolute atomic E-state index is 0.0856. The predicted molar refractivity (Wildman–Crippen MR) is 209 cm³/mol. The number of ether oxygens (including phenoxy) is 1. The van der Waals surface area contributed by atoms with Gasteiger partial charge in [0.1, 0.15) is 0 Å². The van der Waals surface area contributed by atoms with Crippen molar-refractivity contribution in [2.45, 2.75) is 60.2 Å². The van der Waals surface area contributed by atoms with E-state index in [-0.39, 0.29) is 47.6 Å². The van der Waals surface area contributed by atoms with Crippen molar-refractivity contribution < 1.29 is 32.7 Å². The van der Waals surface area contributed by atoms with E-state index in [1.54, 1.807) is 48.7 Å². The van der Waals surface area contributed by atoms with E-state index in [1.165, 1.54) is 0 Å². The van der Waals surface area contributed by atoms with Crippen molar-refractivity contribution in [3.05, 3.63) is 93.9 Å². The molecule has 18 heteroatoms. The number of benzene rings is 2. The van der Waals surface area contributed by atoms with Gasteiger partial charge in [0.2, 0.25) is 35.2 Å². The molecule has 4 aromatic heterocycles. The number of nitrogens with two attached hydrogens (primary N) is 2. The van der Waals surface area contributed by atoms with Gasteiger partial charge in [-0.2, -0.15) is 0 Å². The lowest BCUT2D eigenvalue weighted by Crippen LogP contribution is -2.35. The van der Waals surface area contributed by atoms with Gasteiger partial charge in [-0.3, -0.25) is 34.7 Å². The summed E-state index contributed by atoms with van der Waals surface area (Å²) < 4.78 is 20.5. The quantitative estimate of drug-likeness (QED) is 0.115. The van der Waals surface area contributed by atoms with Crippen LogP contribution < -0.4 is 22.1 Å². The Morgan fingerprint density at radius 2 is 1.28 bits per heavy atom. The average molecular weight is 778 g/mol. The van der Waals surface area contributed by atoms with E-state index in [9.17, 15) is 19.2 Å². The third-order valence-corrected chi connectivity index (χ3v) is 9.62. The number of aryl methyl sites for hydroxylation is 4. The third kappa shape index (κ3) is 8.03. The van der Waals surface area contributed by atoms with E-state index in [4.69, 9.17) is 30.0 Å². The average Bonchev–Trinajstić information content (AvgIpc) is 3.95. The molecule has 1 aliphatic rings. The van der Waals surface area contributed by atoms with Crippen LogP contribution in [-0.2, 0) is 37.2 Å². The number of nitrogens with one attached hydrogen (secondary N) is 2. The van der Waals surface area contributed by atoms with E-state index in [2.05, 4.69) is 30.5 Å². The number of carbonyl (C=O) groups excluding carboxylic acids is 4. The van der Waals surface area contributed by atoms with Gasteiger partial charge in [0.25, 0.3) is 11.8 Å². The molecular formula is C39H43N11O7. The molecular weight excluding hydrogens is 734 g/mol. The van der Waals surface area contributed by atoms with Gasteiger partial charge in [-0.05, 0) is 48.7 Å². The summed E-state index contributed by atoms with van der Waals surface area (Å²) in [6.07, 6.45) is 4.73. The highest BCUT2D eigenvalue weighted by atomic mass is 16.5. The molecule has 296 valence electrons. The molecule has 0 bridgehead atoms. The van der Waals surface area contributed by atoms with Crippen LogP contribution in [0.15, 0.2) is 51.3 Å². The monoisotopic (exact) mass is 777 g/mol. The van der Waals surface area contributed by atoms with Gasteiger partial charge >= 0.3 is 0 Å². The predicted octanol–water partition coefficient (Wildman–Crippen LogP) is 3.89. The molecule has 2 aromatic carbocycles. The van der Waals surface area contributed by atoms with Crippen LogP contribution in [0, 0.1) is 13.8 Å². The van der Waals surface area contributed by atoms with Gasteiger partial charge in [0.05, 0.1) is 46.7 Å². The largest absolute Gasteiger partial charge is 0.436 e. The molecule has 0 saturated carbocycles. The fourth-order valence-corrected chi connectivity index (χ4v) is 6.91. The first-order valence-electron chi connectivity index (χ1n) is 18.6. The Hall–Kier alpha value is -6.66. The Bertz CT molecular complexity index is 2550. The lowest BCUT2D eigenvalue weighted by atomic mass is 10.1. The molecule has 0 atom stereocenters. The molecule has 5 heterocycles. The van der Waals surface area contributed by atoms with Gasteiger partial charge < -0.3 is 34.2 Å². The van der Waals surface area contributed by atoms with Crippen molar-refractivity contribution in [1.82, 2.24) is 34.0 Å². The van der Waals surface area contributed by atoms with Crippen LogP contribution >= 0.6 is 0 Å². The molecule has 0 unspecified atom stereocenters. The normalized spacial score (nSPS) is 13.5. The van der Waals surface area contributed by atoms with Crippen LogP contribution in [0.3, 0.4) is 0 Å². The van der Waals surface area contributed by atoms with Crippen LogP contribution in [0.4, 0.5) is 11.9 Å². The summed E-state index contributed by atoms with van der Waals surface area (Å²) in [5, 5.41) is 5.77. The maximum atomic E-state index is 13.7. The second-order valence-electron chi connectivity index (χ2n) is 13.5. The van der Waals surface area contributed by atoms with Crippen molar-refractivity contribution in [3.8, 4) is 0 Å². The number of carbonyl (C=O) groups is 4. The Labute approximate surface area is 326 Å². The smallest absolute Gasteiger partial charge is 0.295 e. The van der Waals surface area contributed by atoms with Crippen molar-refractivity contribution in [3.63, 3.8) is 0 Å². The number of hydrogen-bond donors (Lipinski definition) is 4. The van der Waals surface area contributed by atoms with Crippen LogP contribution in [0.25, 0.3) is 22.1 Å². The third-order valence-electron chi connectivity index (χ3n) is 9.62. The zero-order valence-electron chi connectivity index (χ0n) is 32.0. The zero-order valence-corrected chi connectivity index (χ0v) is 32.0. The van der Waals surface area contributed by atoms with Crippen LogP contribution in [0.2, 0.25) is 0 Å². The van der Waals surface area contributed by atoms with Gasteiger partial charge in [-0.25, -0.2) is 19.9 Å². The van der Waals surface area contributed by atoms with E-state index in [1.807, 2.05) is 30.6 Å². The second kappa shape index (κ2) is 16.2. The maximum Gasteiger partial charge on any atom is 0.295 e. The summed E-state index contributed by atoms with van der Waals surface area (Å²) >= 11 is 0. The summed E-state index contributed by atoms with van der Waals surface area (Å²) in [5.41, 5.74) is 15.9. The first kappa shape index (κ1) is 38.6. The van der Waals surface area contributed by atoms with Crippen molar-refractivity contribution in [2.24, 2.45) is 11.5 Å². The molecule has 6 N–H and O–H groups in total. The number of rotatable bonds is 14. The maximum absolute atomic E-state index is 13.7. The van der Waals surface area contributed by atoms with E-state index in [0.717, 1.165) is 5.56 Å². The molecule has 57 heavy (non-hydrogen) atoms. The summed E-state index contributed by atoms with van der Waals surface area (Å²) in [6.45, 7) is 10.6. The zero-order chi connectivity index (χ0) is 40.4. The van der Waals surface area contributed by atoms with Crippen LogP contribution in [-0.4, -0.2) is 83.9 Å². The number of amides is 4. The summed E-state index contributed by atoms with van der Waals surface area (Å²) in [4.78, 5) is 71.9. The molecule has 1 fully saturated rings. The van der Waals surface area contributed by atoms with Crippen molar-refractivity contribution in [2.75, 3.05) is 36.9 Å². The summed E-state index contributed by atoms with van der Waals surface area (Å²) in [7, 11) is 0. The second-order valence-corrected chi connectivity index (χ2v) is 13.5. The van der Waals surface area contributed by atoms with Gasteiger partial charge in [0.15, 0.2) is 11.8 Å². The lowest BCUT2D eigenvalue weighted by molar-refractivity contribution is 0.0343. The number of fused-ring (bicyclic) bond motifs is 2. The lowest BCUT2D eigenvalue weighted by Gasteiger charge is -2.27. The number of allylic oxidation sites excluding steroid dienone is 2.